The summed E-state index contributed by atoms with van der Waals surface area (Å²) in [6, 6.07) is 2.55. The van der Waals surface area contributed by atoms with Crippen molar-refractivity contribution in [1.82, 2.24) is 0 Å². The summed E-state index contributed by atoms with van der Waals surface area (Å²) in [7, 11) is 0. The molecule has 23 heavy (non-hydrogen) atoms. The van der Waals surface area contributed by atoms with E-state index in [9.17, 15) is 14.9 Å². The van der Waals surface area contributed by atoms with Crippen molar-refractivity contribution >= 4 is 28.2 Å². The van der Waals surface area contributed by atoms with E-state index in [1.807, 2.05) is 0 Å². The Morgan fingerprint density at radius 2 is 2.22 bits per heavy atom. The van der Waals surface area contributed by atoms with Crippen LogP contribution in [0, 0.1) is 22.7 Å². The summed E-state index contributed by atoms with van der Waals surface area (Å²) in [4.78, 5) is 24.8. The third kappa shape index (κ3) is 2.86. The standard InChI is InChI=1S/C17H20N2O3S/c1-3-22-16(21)14-12-6-7-17(9-18,11-4-5-11)8-13(12)23-15(14)19-10(2)20/h11H,3-8H2,1-2H3,(H,19,20). The third-order valence-electron chi connectivity index (χ3n) is 4.74. The number of hydrogen-bond donors (Lipinski definition) is 1. The summed E-state index contributed by atoms with van der Waals surface area (Å²) in [6.45, 7) is 3.49. The predicted molar refractivity (Wildman–Crippen MR) is 87.4 cm³/mol. The number of fused-ring (bicyclic) bond motifs is 1. The second-order valence-electron chi connectivity index (χ2n) is 6.33. The Bertz CT molecular complexity index is 699. The molecule has 122 valence electrons. The Labute approximate surface area is 139 Å². The van der Waals surface area contributed by atoms with Gasteiger partial charge in [-0.25, -0.2) is 4.79 Å². The minimum Gasteiger partial charge on any atom is -0.462 e. The van der Waals surface area contributed by atoms with E-state index in [-0.39, 0.29) is 17.3 Å². The molecule has 1 N–H and O–H groups in total. The first-order valence-corrected chi connectivity index (χ1v) is 8.83. The number of nitriles is 1. The van der Waals surface area contributed by atoms with Crippen molar-refractivity contribution in [2.24, 2.45) is 11.3 Å². The van der Waals surface area contributed by atoms with Gasteiger partial charge >= 0.3 is 5.97 Å². The van der Waals surface area contributed by atoms with E-state index in [1.165, 1.54) is 18.3 Å². The van der Waals surface area contributed by atoms with Crippen LogP contribution in [0.5, 0.6) is 0 Å². The van der Waals surface area contributed by atoms with Crippen LogP contribution in [0.4, 0.5) is 5.00 Å². The van der Waals surface area contributed by atoms with Crippen molar-refractivity contribution < 1.29 is 14.3 Å². The molecule has 1 atom stereocenters. The molecular formula is C17H20N2O3S. The Morgan fingerprint density at radius 1 is 1.48 bits per heavy atom. The molecule has 2 aliphatic carbocycles. The molecule has 1 fully saturated rings. The van der Waals surface area contributed by atoms with Crippen LogP contribution in [0.25, 0.3) is 0 Å². The fraction of sp³-hybridized carbons (Fsp3) is 0.588. The van der Waals surface area contributed by atoms with Crippen LogP contribution < -0.4 is 5.32 Å². The highest BCUT2D eigenvalue weighted by molar-refractivity contribution is 7.17. The van der Waals surface area contributed by atoms with Gasteiger partial charge in [0.05, 0.1) is 23.7 Å². The van der Waals surface area contributed by atoms with Crippen molar-refractivity contribution in [2.45, 2.75) is 46.0 Å². The quantitative estimate of drug-likeness (QED) is 0.858. The van der Waals surface area contributed by atoms with E-state index < -0.39 is 0 Å². The second-order valence-corrected chi connectivity index (χ2v) is 7.43. The number of ether oxygens (including phenoxy) is 1. The van der Waals surface area contributed by atoms with Crippen LogP contribution in [0.2, 0.25) is 0 Å². The summed E-state index contributed by atoms with van der Waals surface area (Å²) < 4.78 is 5.16. The number of esters is 1. The number of carbonyl (C=O) groups is 2. The van der Waals surface area contributed by atoms with Crippen LogP contribution in [0.1, 0.15) is 53.9 Å². The van der Waals surface area contributed by atoms with Gasteiger partial charge < -0.3 is 10.1 Å². The minimum atomic E-state index is -0.385. The fourth-order valence-electron chi connectivity index (χ4n) is 3.48. The largest absolute Gasteiger partial charge is 0.462 e. The first-order valence-electron chi connectivity index (χ1n) is 8.01. The van der Waals surface area contributed by atoms with Crippen molar-refractivity contribution in [3.05, 3.63) is 16.0 Å². The summed E-state index contributed by atoms with van der Waals surface area (Å²) in [5.74, 6) is -0.106. The lowest BCUT2D eigenvalue weighted by Crippen LogP contribution is -2.29. The monoisotopic (exact) mass is 332 g/mol. The molecule has 3 rings (SSSR count). The van der Waals surface area contributed by atoms with Crippen LogP contribution in [0.15, 0.2) is 0 Å². The molecule has 0 saturated heterocycles. The van der Waals surface area contributed by atoms with E-state index in [4.69, 9.17) is 4.74 Å². The summed E-state index contributed by atoms with van der Waals surface area (Å²) in [5.41, 5.74) is 1.16. The van der Waals surface area contributed by atoms with Gasteiger partial charge in [-0.3, -0.25) is 4.79 Å². The molecule has 1 saturated carbocycles. The molecule has 0 radical (unpaired) electrons. The third-order valence-corrected chi connectivity index (χ3v) is 5.89. The van der Waals surface area contributed by atoms with Gasteiger partial charge in [0, 0.05) is 18.2 Å². The normalized spacial score (nSPS) is 22.8. The van der Waals surface area contributed by atoms with Crippen molar-refractivity contribution in [3.8, 4) is 6.07 Å². The predicted octanol–water partition coefficient (Wildman–Crippen LogP) is 3.29. The van der Waals surface area contributed by atoms with Crippen molar-refractivity contribution in [2.75, 3.05) is 11.9 Å². The van der Waals surface area contributed by atoms with Crippen LogP contribution in [0.3, 0.4) is 0 Å². The van der Waals surface area contributed by atoms with Gasteiger partial charge in [0.15, 0.2) is 0 Å². The van der Waals surface area contributed by atoms with Crippen LogP contribution >= 0.6 is 11.3 Å². The highest BCUT2D eigenvalue weighted by Gasteiger charge is 2.48. The Kier molecular flexibility index (Phi) is 4.15. The molecule has 0 spiro atoms. The Hall–Kier alpha value is -1.87. The zero-order chi connectivity index (χ0) is 16.6. The molecular weight excluding hydrogens is 312 g/mol. The minimum absolute atomic E-state index is 0.206. The summed E-state index contributed by atoms with van der Waals surface area (Å²) in [6.07, 6.45) is 4.41. The smallest absolute Gasteiger partial charge is 0.341 e. The van der Waals surface area contributed by atoms with Gasteiger partial charge in [-0.05, 0) is 44.1 Å². The molecule has 6 heteroatoms. The van der Waals surface area contributed by atoms with Crippen LogP contribution in [-0.2, 0) is 22.4 Å². The maximum Gasteiger partial charge on any atom is 0.341 e. The molecule has 5 nitrogen and oxygen atoms in total. The number of carbonyl (C=O) groups excluding carboxylic acids is 2. The molecule has 1 aromatic heterocycles. The molecule has 0 aliphatic heterocycles. The second kappa shape index (κ2) is 5.97. The van der Waals surface area contributed by atoms with Gasteiger partial charge in [0.2, 0.25) is 5.91 Å². The van der Waals surface area contributed by atoms with E-state index in [0.29, 0.717) is 35.9 Å². The zero-order valence-electron chi connectivity index (χ0n) is 13.4. The van der Waals surface area contributed by atoms with Gasteiger partial charge in [-0.1, -0.05) is 0 Å². The molecule has 1 aromatic rings. The van der Waals surface area contributed by atoms with E-state index >= 15 is 0 Å². The molecule has 2 aliphatic rings. The lowest BCUT2D eigenvalue weighted by molar-refractivity contribution is -0.114. The number of hydrogen-bond acceptors (Lipinski definition) is 5. The number of nitrogens with one attached hydrogen (secondary N) is 1. The van der Waals surface area contributed by atoms with Crippen LogP contribution in [-0.4, -0.2) is 18.5 Å². The van der Waals surface area contributed by atoms with Crippen molar-refractivity contribution in [1.29, 1.82) is 5.26 Å². The summed E-state index contributed by atoms with van der Waals surface area (Å²) >= 11 is 1.42. The number of rotatable bonds is 4. The molecule has 0 bridgehead atoms. The topological polar surface area (TPSA) is 79.2 Å². The lowest BCUT2D eigenvalue weighted by Gasteiger charge is -2.30. The van der Waals surface area contributed by atoms with Crippen molar-refractivity contribution in [3.63, 3.8) is 0 Å². The summed E-state index contributed by atoms with van der Waals surface area (Å²) in [5, 5.41) is 13.0. The first-order chi connectivity index (χ1) is 11.0. The average Bonchev–Trinajstić information content (AvgIpc) is 3.29. The molecule has 0 aromatic carbocycles. The zero-order valence-corrected chi connectivity index (χ0v) is 14.2. The van der Waals surface area contributed by atoms with E-state index in [0.717, 1.165) is 29.7 Å². The molecule has 1 heterocycles. The number of nitrogens with zero attached hydrogens (tertiary/aromatic N) is 1. The number of amides is 1. The maximum atomic E-state index is 12.3. The number of thiophene rings is 1. The lowest BCUT2D eigenvalue weighted by atomic mass is 9.71. The highest BCUT2D eigenvalue weighted by atomic mass is 32.1. The Balaban J connectivity index is 2.00. The maximum absolute atomic E-state index is 12.3. The van der Waals surface area contributed by atoms with Gasteiger partial charge in [0.25, 0.3) is 0 Å². The number of anilines is 1. The average molecular weight is 332 g/mol. The fourth-order valence-corrected chi connectivity index (χ4v) is 4.89. The van der Waals surface area contributed by atoms with Gasteiger partial charge in [-0.2, -0.15) is 5.26 Å². The Morgan fingerprint density at radius 3 is 2.78 bits per heavy atom. The van der Waals surface area contributed by atoms with E-state index in [2.05, 4.69) is 11.4 Å². The molecule has 1 amide bonds. The first kappa shape index (κ1) is 16.0. The SMILES string of the molecule is CCOC(=O)c1c(NC(C)=O)sc2c1CCC(C#N)(C1CC1)C2. The van der Waals surface area contributed by atoms with Gasteiger partial charge in [-0.15, -0.1) is 11.3 Å². The van der Waals surface area contributed by atoms with Gasteiger partial charge in [0.1, 0.15) is 5.00 Å². The molecule has 1 unspecified atom stereocenters. The highest BCUT2D eigenvalue weighted by Crippen LogP contribution is 2.54. The van der Waals surface area contributed by atoms with E-state index in [1.54, 1.807) is 6.92 Å².